The van der Waals surface area contributed by atoms with Gasteiger partial charge >= 0.3 is 6.09 Å². The molecule has 0 aliphatic carbocycles. The van der Waals surface area contributed by atoms with E-state index in [4.69, 9.17) is 14.2 Å². The number of nitrogens with one attached hydrogen (secondary N) is 1. The Morgan fingerprint density at radius 3 is 2.25 bits per heavy atom. The SMILES string of the molecule is CC(C)Oc1ccc(Oc2ccc3cc(C4(C)COC(=O)N4)ccc3c2)cc1. The molecule has 144 valence electrons. The van der Waals surface area contributed by atoms with Gasteiger partial charge in [0.2, 0.25) is 0 Å². The number of rotatable bonds is 5. The minimum atomic E-state index is -0.500. The average molecular weight is 377 g/mol. The van der Waals surface area contributed by atoms with Crippen molar-refractivity contribution < 1.29 is 19.0 Å². The summed E-state index contributed by atoms with van der Waals surface area (Å²) in [4.78, 5) is 11.4. The van der Waals surface area contributed by atoms with Gasteiger partial charge in [-0.05, 0) is 79.6 Å². The zero-order chi connectivity index (χ0) is 19.7. The maximum Gasteiger partial charge on any atom is 0.408 e. The normalized spacial score (nSPS) is 18.8. The van der Waals surface area contributed by atoms with Crippen molar-refractivity contribution in [1.29, 1.82) is 0 Å². The minimum absolute atomic E-state index is 0.142. The van der Waals surface area contributed by atoms with Crippen LogP contribution in [0, 0.1) is 0 Å². The summed E-state index contributed by atoms with van der Waals surface area (Å²) >= 11 is 0. The molecular formula is C23H23NO4. The number of amides is 1. The summed E-state index contributed by atoms with van der Waals surface area (Å²) in [6, 6.07) is 19.7. The summed E-state index contributed by atoms with van der Waals surface area (Å²) in [5.74, 6) is 2.34. The number of cyclic esters (lactones) is 1. The molecule has 28 heavy (non-hydrogen) atoms. The molecule has 1 N–H and O–H groups in total. The zero-order valence-corrected chi connectivity index (χ0v) is 16.2. The standard InChI is InChI=1S/C23H23NO4/c1-15(2)27-19-8-10-20(11-9-19)28-21-7-5-16-12-18(6-4-17(16)13-21)23(3)14-26-22(25)24-23/h4-13,15H,14H2,1-3H3,(H,24,25). The van der Waals surface area contributed by atoms with E-state index < -0.39 is 5.54 Å². The highest BCUT2D eigenvalue weighted by molar-refractivity contribution is 5.85. The highest BCUT2D eigenvalue weighted by atomic mass is 16.6. The minimum Gasteiger partial charge on any atom is -0.491 e. The van der Waals surface area contributed by atoms with Crippen molar-refractivity contribution in [3.63, 3.8) is 0 Å². The van der Waals surface area contributed by atoms with Crippen molar-refractivity contribution in [2.45, 2.75) is 32.4 Å². The molecule has 3 aromatic rings. The number of hydrogen-bond donors (Lipinski definition) is 1. The molecular weight excluding hydrogens is 354 g/mol. The number of carbonyl (C=O) groups is 1. The van der Waals surface area contributed by atoms with E-state index in [1.165, 1.54) is 0 Å². The number of ether oxygens (including phenoxy) is 3. The Bertz CT molecular complexity index is 1010. The molecule has 1 unspecified atom stereocenters. The van der Waals surface area contributed by atoms with Gasteiger partial charge in [0.15, 0.2) is 0 Å². The van der Waals surface area contributed by atoms with Crippen LogP contribution in [0.25, 0.3) is 10.8 Å². The molecule has 0 spiro atoms. The lowest BCUT2D eigenvalue weighted by molar-refractivity contribution is 0.173. The van der Waals surface area contributed by atoms with Gasteiger partial charge < -0.3 is 19.5 Å². The molecule has 1 atom stereocenters. The van der Waals surface area contributed by atoms with Crippen molar-refractivity contribution >= 4 is 16.9 Å². The van der Waals surface area contributed by atoms with Crippen LogP contribution >= 0.6 is 0 Å². The van der Waals surface area contributed by atoms with Crippen molar-refractivity contribution in [3.8, 4) is 17.2 Å². The average Bonchev–Trinajstić information content (AvgIpc) is 3.02. The molecule has 0 bridgehead atoms. The van der Waals surface area contributed by atoms with Crippen LogP contribution in [0.5, 0.6) is 17.2 Å². The second-order valence-electron chi connectivity index (χ2n) is 7.50. The first kappa shape index (κ1) is 18.2. The van der Waals surface area contributed by atoms with Crippen LogP contribution in [0.3, 0.4) is 0 Å². The number of alkyl carbamates (subject to hydrolysis) is 1. The monoisotopic (exact) mass is 377 g/mol. The first-order valence-corrected chi connectivity index (χ1v) is 9.35. The molecule has 0 radical (unpaired) electrons. The van der Waals surface area contributed by atoms with Gasteiger partial charge in [0.1, 0.15) is 23.9 Å². The highest BCUT2D eigenvalue weighted by Crippen LogP contribution is 2.31. The van der Waals surface area contributed by atoms with Gasteiger partial charge in [-0.1, -0.05) is 18.2 Å². The summed E-state index contributed by atoms with van der Waals surface area (Å²) in [6.07, 6.45) is -0.236. The van der Waals surface area contributed by atoms with Gasteiger partial charge in [0, 0.05) is 0 Å². The highest BCUT2D eigenvalue weighted by Gasteiger charge is 2.36. The van der Waals surface area contributed by atoms with Gasteiger partial charge in [0.25, 0.3) is 0 Å². The van der Waals surface area contributed by atoms with Gasteiger partial charge in [-0.3, -0.25) is 0 Å². The Morgan fingerprint density at radius 1 is 0.929 bits per heavy atom. The summed E-state index contributed by atoms with van der Waals surface area (Å²) < 4.78 is 16.7. The second kappa shape index (κ2) is 7.08. The molecule has 4 rings (SSSR count). The van der Waals surface area contributed by atoms with Crippen molar-refractivity contribution in [1.82, 2.24) is 5.32 Å². The Kier molecular flexibility index (Phi) is 4.59. The Morgan fingerprint density at radius 2 is 1.57 bits per heavy atom. The maximum atomic E-state index is 11.4. The predicted molar refractivity (Wildman–Crippen MR) is 108 cm³/mol. The molecule has 1 heterocycles. The summed E-state index contributed by atoms with van der Waals surface area (Å²) in [6.45, 7) is 6.29. The molecule has 1 aliphatic rings. The lowest BCUT2D eigenvalue weighted by atomic mass is 9.91. The smallest absolute Gasteiger partial charge is 0.408 e. The van der Waals surface area contributed by atoms with E-state index >= 15 is 0 Å². The molecule has 0 aromatic heterocycles. The fourth-order valence-corrected chi connectivity index (χ4v) is 3.29. The third kappa shape index (κ3) is 3.74. The van der Waals surface area contributed by atoms with Crippen LogP contribution in [-0.2, 0) is 10.3 Å². The van der Waals surface area contributed by atoms with Crippen LogP contribution in [0.1, 0.15) is 26.3 Å². The maximum absolute atomic E-state index is 11.4. The van der Waals surface area contributed by atoms with Crippen LogP contribution in [0.4, 0.5) is 4.79 Å². The quantitative estimate of drug-likeness (QED) is 0.649. The van der Waals surface area contributed by atoms with E-state index in [2.05, 4.69) is 11.4 Å². The number of benzene rings is 3. The van der Waals surface area contributed by atoms with Crippen molar-refractivity contribution in [3.05, 3.63) is 66.2 Å². The molecule has 0 saturated carbocycles. The Hall–Kier alpha value is -3.21. The van der Waals surface area contributed by atoms with Gasteiger partial charge in [-0.2, -0.15) is 0 Å². The van der Waals surface area contributed by atoms with Gasteiger partial charge in [-0.15, -0.1) is 0 Å². The van der Waals surface area contributed by atoms with E-state index in [1.54, 1.807) is 0 Å². The fourth-order valence-electron chi connectivity index (χ4n) is 3.29. The number of carbonyl (C=O) groups excluding carboxylic acids is 1. The summed E-state index contributed by atoms with van der Waals surface area (Å²) in [5.41, 5.74) is 0.514. The zero-order valence-electron chi connectivity index (χ0n) is 16.2. The fraction of sp³-hybridized carbons (Fsp3) is 0.261. The van der Waals surface area contributed by atoms with Gasteiger partial charge in [0.05, 0.1) is 11.6 Å². The Labute approximate surface area is 164 Å². The molecule has 1 saturated heterocycles. The Balaban J connectivity index is 1.53. The lowest BCUT2D eigenvalue weighted by Gasteiger charge is -2.22. The van der Waals surface area contributed by atoms with Gasteiger partial charge in [-0.25, -0.2) is 4.79 Å². The number of hydrogen-bond acceptors (Lipinski definition) is 4. The molecule has 1 fully saturated rings. The van der Waals surface area contributed by atoms with Crippen LogP contribution in [0.2, 0.25) is 0 Å². The van der Waals surface area contributed by atoms with E-state index in [0.717, 1.165) is 33.6 Å². The van der Waals surface area contributed by atoms with Crippen molar-refractivity contribution in [2.24, 2.45) is 0 Å². The molecule has 3 aromatic carbocycles. The molecule has 5 nitrogen and oxygen atoms in total. The predicted octanol–water partition coefficient (Wildman–Crippen LogP) is 5.37. The van der Waals surface area contributed by atoms with Crippen molar-refractivity contribution in [2.75, 3.05) is 6.61 Å². The largest absolute Gasteiger partial charge is 0.491 e. The topological polar surface area (TPSA) is 56.8 Å². The van der Waals surface area contributed by atoms with E-state index in [1.807, 2.05) is 75.4 Å². The first-order chi connectivity index (χ1) is 13.4. The second-order valence-corrected chi connectivity index (χ2v) is 7.50. The molecule has 5 heteroatoms. The summed E-state index contributed by atoms with van der Waals surface area (Å²) in [7, 11) is 0. The van der Waals surface area contributed by atoms with E-state index in [0.29, 0.717) is 6.61 Å². The lowest BCUT2D eigenvalue weighted by Crippen LogP contribution is -2.37. The summed E-state index contributed by atoms with van der Waals surface area (Å²) in [5, 5.41) is 5.02. The first-order valence-electron chi connectivity index (χ1n) is 9.35. The number of fused-ring (bicyclic) bond motifs is 1. The van der Waals surface area contributed by atoms with Crippen LogP contribution < -0.4 is 14.8 Å². The van der Waals surface area contributed by atoms with Crippen LogP contribution in [0.15, 0.2) is 60.7 Å². The third-order valence-corrected chi connectivity index (χ3v) is 4.75. The van der Waals surface area contributed by atoms with E-state index in [9.17, 15) is 4.79 Å². The van der Waals surface area contributed by atoms with Crippen LogP contribution in [-0.4, -0.2) is 18.8 Å². The molecule has 1 aliphatic heterocycles. The third-order valence-electron chi connectivity index (χ3n) is 4.75. The van der Waals surface area contributed by atoms with E-state index in [-0.39, 0.29) is 12.2 Å². The molecule has 1 amide bonds.